The van der Waals surface area contributed by atoms with E-state index in [-0.39, 0.29) is 16.5 Å². The van der Waals surface area contributed by atoms with E-state index in [1.807, 2.05) is 0 Å². The van der Waals surface area contributed by atoms with E-state index in [1.54, 1.807) is 12.1 Å². The third-order valence-corrected chi connectivity index (χ3v) is 4.82. The summed E-state index contributed by atoms with van der Waals surface area (Å²) in [7, 11) is -2.50. The van der Waals surface area contributed by atoms with E-state index in [2.05, 4.69) is 14.8 Å². The van der Waals surface area contributed by atoms with Gasteiger partial charge in [0.15, 0.2) is 0 Å². The molecule has 1 aliphatic heterocycles. The van der Waals surface area contributed by atoms with Crippen molar-refractivity contribution in [3.8, 4) is 0 Å². The number of benzene rings is 1. The summed E-state index contributed by atoms with van der Waals surface area (Å²) in [6.07, 6.45) is 1.47. The van der Waals surface area contributed by atoms with Gasteiger partial charge in [0, 0.05) is 6.04 Å². The van der Waals surface area contributed by atoms with Gasteiger partial charge in [-0.05, 0) is 38.1 Å². The van der Waals surface area contributed by atoms with Gasteiger partial charge in [-0.15, -0.1) is 0 Å². The summed E-state index contributed by atoms with van der Waals surface area (Å²) in [5.41, 5.74) is 0.0523. The number of methoxy groups -OCH3 is 1. The molecule has 1 aromatic carbocycles. The molecule has 6 nitrogen and oxygen atoms in total. The first-order valence-corrected chi connectivity index (χ1v) is 7.93. The van der Waals surface area contributed by atoms with E-state index < -0.39 is 16.0 Å². The maximum atomic E-state index is 12.4. The number of ether oxygens (including phenoxy) is 1. The van der Waals surface area contributed by atoms with Crippen LogP contribution in [-0.2, 0) is 14.8 Å². The molecule has 7 heteroatoms. The van der Waals surface area contributed by atoms with Gasteiger partial charge >= 0.3 is 5.97 Å². The van der Waals surface area contributed by atoms with Crippen molar-refractivity contribution in [2.24, 2.45) is 0 Å². The zero-order valence-electron chi connectivity index (χ0n) is 11.3. The van der Waals surface area contributed by atoms with Crippen LogP contribution >= 0.6 is 0 Å². The lowest BCUT2D eigenvalue weighted by molar-refractivity contribution is 0.0596. The second-order valence-corrected chi connectivity index (χ2v) is 6.32. The number of hydrogen-bond acceptors (Lipinski definition) is 5. The first kappa shape index (κ1) is 15.0. The molecule has 20 heavy (non-hydrogen) atoms. The standard InChI is InChI=1S/C13H18N2O4S/c1-19-13(16)11-4-2-3-5-12(11)20(17,18)15-10-6-8-14-9-7-10/h2-5,10,14-15H,6-9H2,1H3. The first-order chi connectivity index (χ1) is 9.54. The number of nitrogens with one attached hydrogen (secondary N) is 2. The third kappa shape index (κ3) is 3.36. The predicted molar refractivity (Wildman–Crippen MR) is 74.0 cm³/mol. The Labute approximate surface area is 118 Å². The summed E-state index contributed by atoms with van der Waals surface area (Å²) in [6.45, 7) is 1.57. The molecule has 2 N–H and O–H groups in total. The zero-order valence-corrected chi connectivity index (χ0v) is 12.1. The van der Waals surface area contributed by atoms with Crippen molar-refractivity contribution in [1.29, 1.82) is 0 Å². The fourth-order valence-corrected chi connectivity index (χ4v) is 3.70. The van der Waals surface area contributed by atoms with Crippen molar-refractivity contribution >= 4 is 16.0 Å². The van der Waals surface area contributed by atoms with Crippen LogP contribution in [0.3, 0.4) is 0 Å². The SMILES string of the molecule is COC(=O)c1ccccc1S(=O)(=O)NC1CCNCC1. The van der Waals surface area contributed by atoms with Crippen LogP contribution in [0.1, 0.15) is 23.2 Å². The van der Waals surface area contributed by atoms with Crippen molar-refractivity contribution in [3.05, 3.63) is 29.8 Å². The molecule has 0 amide bonds. The fraction of sp³-hybridized carbons (Fsp3) is 0.462. The van der Waals surface area contributed by atoms with Gasteiger partial charge in [-0.3, -0.25) is 0 Å². The number of esters is 1. The Morgan fingerprint density at radius 3 is 2.60 bits per heavy atom. The number of carbonyl (C=O) groups excluding carboxylic acids is 1. The Morgan fingerprint density at radius 1 is 1.30 bits per heavy atom. The van der Waals surface area contributed by atoms with Crippen LogP contribution in [0.15, 0.2) is 29.2 Å². The van der Waals surface area contributed by atoms with Crippen LogP contribution in [0.25, 0.3) is 0 Å². The van der Waals surface area contributed by atoms with Gasteiger partial charge < -0.3 is 10.1 Å². The average Bonchev–Trinajstić information content (AvgIpc) is 2.47. The molecule has 0 radical (unpaired) electrons. The second kappa shape index (κ2) is 6.34. The van der Waals surface area contributed by atoms with Crippen LogP contribution in [-0.4, -0.2) is 40.6 Å². The Balaban J connectivity index is 2.27. The number of piperidine rings is 1. The van der Waals surface area contributed by atoms with Crippen LogP contribution in [0.5, 0.6) is 0 Å². The highest BCUT2D eigenvalue weighted by Gasteiger charge is 2.26. The maximum Gasteiger partial charge on any atom is 0.339 e. The molecule has 1 aromatic rings. The van der Waals surface area contributed by atoms with E-state index >= 15 is 0 Å². The van der Waals surface area contributed by atoms with E-state index in [9.17, 15) is 13.2 Å². The molecule has 0 bridgehead atoms. The maximum absolute atomic E-state index is 12.4. The van der Waals surface area contributed by atoms with Gasteiger partial charge in [0.1, 0.15) is 0 Å². The van der Waals surface area contributed by atoms with Gasteiger partial charge in [0.25, 0.3) is 0 Å². The quantitative estimate of drug-likeness (QED) is 0.791. The van der Waals surface area contributed by atoms with Gasteiger partial charge in [-0.1, -0.05) is 12.1 Å². The Hall–Kier alpha value is -1.44. The number of rotatable bonds is 4. The van der Waals surface area contributed by atoms with Gasteiger partial charge in [0.05, 0.1) is 17.6 Å². The molecule has 1 heterocycles. The second-order valence-electron chi connectivity index (χ2n) is 4.63. The lowest BCUT2D eigenvalue weighted by Crippen LogP contribution is -2.42. The molecule has 2 rings (SSSR count). The highest BCUT2D eigenvalue weighted by Crippen LogP contribution is 2.18. The molecule has 0 saturated carbocycles. The van der Waals surface area contributed by atoms with E-state index in [0.29, 0.717) is 0 Å². The van der Waals surface area contributed by atoms with Crippen LogP contribution < -0.4 is 10.0 Å². The molecule has 0 aromatic heterocycles. The third-order valence-electron chi connectivity index (χ3n) is 3.24. The average molecular weight is 298 g/mol. The lowest BCUT2D eigenvalue weighted by atomic mass is 10.1. The minimum Gasteiger partial charge on any atom is -0.465 e. The summed E-state index contributed by atoms with van der Waals surface area (Å²) >= 11 is 0. The van der Waals surface area contributed by atoms with Gasteiger partial charge in [-0.25, -0.2) is 17.9 Å². The van der Waals surface area contributed by atoms with Crippen LogP contribution in [0, 0.1) is 0 Å². The predicted octanol–water partition coefficient (Wildman–Crippen LogP) is 0.503. The molecule has 110 valence electrons. The summed E-state index contributed by atoms with van der Waals surface area (Å²) in [4.78, 5) is 11.6. The highest BCUT2D eigenvalue weighted by molar-refractivity contribution is 7.89. The van der Waals surface area contributed by atoms with Crippen molar-refractivity contribution in [1.82, 2.24) is 10.0 Å². The fourth-order valence-electron chi connectivity index (χ4n) is 2.20. The number of sulfonamides is 1. The number of hydrogen-bond donors (Lipinski definition) is 2. The van der Waals surface area contributed by atoms with Crippen molar-refractivity contribution in [2.75, 3.05) is 20.2 Å². The van der Waals surface area contributed by atoms with Gasteiger partial charge in [0.2, 0.25) is 10.0 Å². The molecular weight excluding hydrogens is 280 g/mol. The van der Waals surface area contributed by atoms with Crippen LogP contribution in [0.4, 0.5) is 0 Å². The number of carbonyl (C=O) groups is 1. The van der Waals surface area contributed by atoms with Crippen molar-refractivity contribution in [2.45, 2.75) is 23.8 Å². The summed E-state index contributed by atoms with van der Waals surface area (Å²) < 4.78 is 32.1. The molecule has 0 atom stereocenters. The monoisotopic (exact) mass is 298 g/mol. The molecule has 1 aliphatic rings. The smallest absolute Gasteiger partial charge is 0.339 e. The largest absolute Gasteiger partial charge is 0.465 e. The minimum atomic E-state index is -3.72. The minimum absolute atomic E-state index is 0.0367. The van der Waals surface area contributed by atoms with Crippen LogP contribution in [0.2, 0.25) is 0 Å². The highest BCUT2D eigenvalue weighted by atomic mass is 32.2. The summed E-state index contributed by atoms with van der Waals surface area (Å²) in [5.74, 6) is -0.656. The lowest BCUT2D eigenvalue weighted by Gasteiger charge is -2.23. The Morgan fingerprint density at radius 2 is 1.95 bits per heavy atom. The Bertz CT molecular complexity index is 580. The molecular formula is C13H18N2O4S. The first-order valence-electron chi connectivity index (χ1n) is 6.45. The summed E-state index contributed by atoms with van der Waals surface area (Å²) in [6, 6.07) is 5.95. The zero-order chi connectivity index (χ0) is 14.6. The van der Waals surface area contributed by atoms with E-state index in [1.165, 1.54) is 19.2 Å². The topological polar surface area (TPSA) is 84.5 Å². The van der Waals surface area contributed by atoms with Gasteiger partial charge in [-0.2, -0.15) is 0 Å². The molecule has 0 unspecified atom stereocenters. The molecule has 0 spiro atoms. The molecule has 0 aliphatic carbocycles. The van der Waals surface area contributed by atoms with Crippen molar-refractivity contribution in [3.63, 3.8) is 0 Å². The van der Waals surface area contributed by atoms with E-state index in [4.69, 9.17) is 0 Å². The Kier molecular flexibility index (Phi) is 4.74. The normalized spacial score (nSPS) is 16.9. The molecule has 1 saturated heterocycles. The molecule has 1 fully saturated rings. The van der Waals surface area contributed by atoms with E-state index in [0.717, 1.165) is 25.9 Å². The summed E-state index contributed by atoms with van der Waals surface area (Å²) in [5, 5.41) is 3.17. The van der Waals surface area contributed by atoms with Crippen molar-refractivity contribution < 1.29 is 17.9 Å².